The molecule has 8 aromatic rings. The van der Waals surface area contributed by atoms with Gasteiger partial charge in [0.25, 0.3) is 0 Å². The standard InChI is InChI=1S/C61H68N4O/c1-41(2)49-22-17-23-50(43-34-45(60(6,7)8)36-46(35-43)61(9,10)11)51(49)24-18-32-63-40-64(56-27-15-14-26-55(56)63)47-20-16-19-42(33-47)39-66-48-28-29-53-52-21-12-13-25-54(52)65(57(53)38-48)58-37-44(30-31-62-58)59(3,4)5/h12-17,19-23,25-31,33-38,41H,18,24,32,39-40H2,1-11H3. The van der Waals surface area contributed by atoms with Gasteiger partial charge in [0, 0.05) is 35.3 Å². The Morgan fingerprint density at radius 3 is 2.02 bits per heavy atom. The predicted molar refractivity (Wildman–Crippen MR) is 281 cm³/mol. The minimum Gasteiger partial charge on any atom is -0.489 e. The van der Waals surface area contributed by atoms with Gasteiger partial charge in [-0.05, 0) is 134 Å². The van der Waals surface area contributed by atoms with E-state index in [1.807, 2.05) is 6.20 Å². The topological polar surface area (TPSA) is 33.5 Å². The molecule has 1 aliphatic heterocycles. The maximum absolute atomic E-state index is 6.62. The molecule has 9 rings (SSSR count). The highest BCUT2D eigenvalue weighted by atomic mass is 16.5. The van der Waals surface area contributed by atoms with Crippen LogP contribution in [0.25, 0.3) is 38.8 Å². The second-order valence-corrected chi connectivity index (χ2v) is 21.9. The van der Waals surface area contributed by atoms with E-state index in [1.165, 1.54) is 66.8 Å². The van der Waals surface area contributed by atoms with E-state index in [0.717, 1.165) is 54.2 Å². The minimum absolute atomic E-state index is 0.0104. The minimum atomic E-state index is 0.0104. The molecule has 0 radical (unpaired) electrons. The van der Waals surface area contributed by atoms with Gasteiger partial charge in [0.15, 0.2) is 0 Å². The smallest absolute Gasteiger partial charge is 0.137 e. The summed E-state index contributed by atoms with van der Waals surface area (Å²) in [4.78, 5) is 9.90. The molecule has 1 aliphatic rings. The van der Waals surface area contributed by atoms with Crippen LogP contribution >= 0.6 is 0 Å². The summed E-state index contributed by atoms with van der Waals surface area (Å²) in [5.74, 6) is 2.19. The maximum atomic E-state index is 6.62. The van der Waals surface area contributed by atoms with Crippen LogP contribution in [-0.4, -0.2) is 22.8 Å². The van der Waals surface area contributed by atoms with Gasteiger partial charge in [0.05, 0.1) is 29.1 Å². The molecular weight excluding hydrogens is 805 g/mol. The normalized spacial score (nSPS) is 13.3. The zero-order chi connectivity index (χ0) is 46.5. The number of anilines is 3. The molecule has 0 unspecified atom stereocenters. The summed E-state index contributed by atoms with van der Waals surface area (Å²) in [5, 5.41) is 2.39. The van der Waals surface area contributed by atoms with Crippen LogP contribution in [0.1, 0.15) is 122 Å². The number of benzene rings is 6. The molecule has 0 fully saturated rings. The van der Waals surface area contributed by atoms with Crippen LogP contribution in [0.5, 0.6) is 5.75 Å². The highest BCUT2D eigenvalue weighted by Crippen LogP contribution is 2.42. The number of nitrogens with zero attached hydrogens (tertiary/aromatic N) is 4. The van der Waals surface area contributed by atoms with Crippen LogP contribution in [-0.2, 0) is 29.3 Å². The lowest BCUT2D eigenvalue weighted by Crippen LogP contribution is -2.29. The Hall–Kier alpha value is -6.33. The first-order valence-corrected chi connectivity index (χ1v) is 24.1. The van der Waals surface area contributed by atoms with Crippen molar-refractivity contribution in [2.45, 2.75) is 118 Å². The largest absolute Gasteiger partial charge is 0.489 e. The van der Waals surface area contributed by atoms with Crippen molar-refractivity contribution in [2.24, 2.45) is 0 Å². The fraction of sp³-hybridized carbons (Fsp3) is 0.328. The van der Waals surface area contributed by atoms with Crippen molar-refractivity contribution in [3.05, 3.63) is 179 Å². The van der Waals surface area contributed by atoms with E-state index in [4.69, 9.17) is 9.72 Å². The predicted octanol–water partition coefficient (Wildman–Crippen LogP) is 16.0. The molecule has 5 heteroatoms. The molecule has 0 spiro atoms. The third kappa shape index (κ3) is 8.97. The van der Waals surface area contributed by atoms with Gasteiger partial charge in [0.2, 0.25) is 0 Å². The Kier molecular flexibility index (Phi) is 11.9. The molecular formula is C61H68N4O. The molecule has 0 N–H and O–H groups in total. The third-order valence-electron chi connectivity index (χ3n) is 13.6. The van der Waals surface area contributed by atoms with E-state index < -0.39 is 0 Å². The molecule has 0 aliphatic carbocycles. The fourth-order valence-electron chi connectivity index (χ4n) is 9.76. The Balaban J connectivity index is 0.944. The Morgan fingerprint density at radius 1 is 0.606 bits per heavy atom. The van der Waals surface area contributed by atoms with Crippen LogP contribution in [0, 0.1) is 0 Å². The van der Waals surface area contributed by atoms with Crippen LogP contribution in [0.3, 0.4) is 0 Å². The highest BCUT2D eigenvalue weighted by Gasteiger charge is 2.28. The number of para-hydroxylation sites is 3. The lowest BCUT2D eigenvalue weighted by Gasteiger charge is -2.27. The van der Waals surface area contributed by atoms with Crippen molar-refractivity contribution in [1.82, 2.24) is 9.55 Å². The second-order valence-electron chi connectivity index (χ2n) is 21.9. The van der Waals surface area contributed by atoms with Gasteiger partial charge >= 0.3 is 0 Å². The van der Waals surface area contributed by atoms with Crippen molar-refractivity contribution in [3.63, 3.8) is 0 Å². The third-order valence-corrected chi connectivity index (χ3v) is 13.6. The average Bonchev–Trinajstić information content (AvgIpc) is 3.83. The van der Waals surface area contributed by atoms with Crippen LogP contribution in [0.2, 0.25) is 0 Å². The Bertz CT molecular complexity index is 3010. The van der Waals surface area contributed by atoms with Crippen molar-refractivity contribution >= 4 is 38.9 Å². The number of ether oxygens (including phenoxy) is 1. The second kappa shape index (κ2) is 17.5. The zero-order valence-corrected chi connectivity index (χ0v) is 41.2. The Morgan fingerprint density at radius 2 is 1.29 bits per heavy atom. The zero-order valence-electron chi connectivity index (χ0n) is 41.2. The van der Waals surface area contributed by atoms with Gasteiger partial charge in [-0.3, -0.25) is 4.57 Å². The molecule has 0 saturated carbocycles. The van der Waals surface area contributed by atoms with Gasteiger partial charge in [-0.1, -0.05) is 155 Å². The summed E-state index contributed by atoms with van der Waals surface area (Å²) in [7, 11) is 0. The number of fused-ring (bicyclic) bond motifs is 4. The number of rotatable bonds is 11. The van der Waals surface area contributed by atoms with Crippen molar-refractivity contribution in [1.29, 1.82) is 0 Å². The van der Waals surface area contributed by atoms with Gasteiger partial charge in [-0.15, -0.1) is 0 Å². The SMILES string of the molecule is CC(C)c1cccc(-c2cc(C(C)(C)C)cc(C(C)(C)C)c2)c1CCCN1CN(c2cccc(COc3ccc4c5ccccc5n(-c5cc(C(C)(C)C)ccn5)c4c3)c2)c2ccccc21. The lowest BCUT2D eigenvalue weighted by atomic mass is 9.78. The molecule has 5 nitrogen and oxygen atoms in total. The summed E-state index contributed by atoms with van der Waals surface area (Å²) >= 11 is 0. The van der Waals surface area contributed by atoms with E-state index in [2.05, 4.69) is 230 Å². The summed E-state index contributed by atoms with van der Waals surface area (Å²) in [6.45, 7) is 27.6. The van der Waals surface area contributed by atoms with E-state index in [1.54, 1.807) is 0 Å². The van der Waals surface area contributed by atoms with Gasteiger partial charge in [0.1, 0.15) is 18.2 Å². The first-order chi connectivity index (χ1) is 31.4. The first-order valence-electron chi connectivity index (χ1n) is 24.1. The highest BCUT2D eigenvalue weighted by molar-refractivity contribution is 6.09. The molecule has 6 aromatic carbocycles. The van der Waals surface area contributed by atoms with Crippen LogP contribution in [0.4, 0.5) is 17.1 Å². The van der Waals surface area contributed by atoms with Crippen molar-refractivity contribution < 1.29 is 4.74 Å². The van der Waals surface area contributed by atoms with Crippen molar-refractivity contribution in [3.8, 4) is 22.7 Å². The molecule has 338 valence electrons. The van der Waals surface area contributed by atoms with E-state index >= 15 is 0 Å². The van der Waals surface area contributed by atoms with Gasteiger partial charge in [-0.25, -0.2) is 4.98 Å². The molecule has 2 aromatic heterocycles. The summed E-state index contributed by atoms with van der Waals surface area (Å²) in [6, 6.07) is 51.5. The summed E-state index contributed by atoms with van der Waals surface area (Å²) < 4.78 is 8.90. The molecule has 3 heterocycles. The molecule has 0 saturated heterocycles. The van der Waals surface area contributed by atoms with E-state index in [0.29, 0.717) is 12.5 Å². The molecule has 0 bridgehead atoms. The van der Waals surface area contributed by atoms with E-state index in [9.17, 15) is 0 Å². The Labute approximate surface area is 394 Å². The average molecular weight is 873 g/mol. The molecule has 0 atom stereocenters. The number of aromatic nitrogens is 2. The number of hydrogen-bond acceptors (Lipinski definition) is 4. The monoisotopic (exact) mass is 873 g/mol. The quantitative estimate of drug-likeness (QED) is 0.130. The maximum Gasteiger partial charge on any atom is 0.137 e. The van der Waals surface area contributed by atoms with Crippen LogP contribution in [0.15, 0.2) is 146 Å². The fourth-order valence-corrected chi connectivity index (χ4v) is 9.76. The summed E-state index contributed by atoms with van der Waals surface area (Å²) in [6.07, 6.45) is 4.01. The lowest BCUT2D eigenvalue weighted by molar-refractivity contribution is 0.306. The number of hydrogen-bond donors (Lipinski definition) is 0. The van der Waals surface area contributed by atoms with Gasteiger partial charge < -0.3 is 14.5 Å². The first kappa shape index (κ1) is 44.9. The van der Waals surface area contributed by atoms with E-state index in [-0.39, 0.29) is 16.2 Å². The summed E-state index contributed by atoms with van der Waals surface area (Å²) in [5.41, 5.74) is 16.9. The number of pyridine rings is 1. The van der Waals surface area contributed by atoms with Crippen LogP contribution < -0.4 is 14.5 Å². The van der Waals surface area contributed by atoms with Gasteiger partial charge in [-0.2, -0.15) is 0 Å². The molecule has 0 amide bonds. The van der Waals surface area contributed by atoms with Crippen molar-refractivity contribution in [2.75, 3.05) is 23.0 Å². The molecule has 66 heavy (non-hydrogen) atoms.